The molecule has 1 aliphatic heterocycles. The molecule has 2 aliphatic rings. The minimum absolute atomic E-state index is 0.302. The molecule has 10 nitrogen and oxygen atoms in total. The van der Waals surface area contributed by atoms with Crippen LogP contribution in [0.3, 0.4) is 0 Å². The van der Waals surface area contributed by atoms with E-state index in [1.54, 1.807) is 0 Å². The van der Waals surface area contributed by atoms with Crippen LogP contribution in [0.4, 0.5) is 0 Å². The highest BCUT2D eigenvalue weighted by molar-refractivity contribution is 5.16. The Morgan fingerprint density at radius 3 is 1.04 bits per heavy atom. The van der Waals surface area contributed by atoms with Crippen LogP contribution < -0.4 is 0 Å². The van der Waals surface area contributed by atoms with Crippen molar-refractivity contribution in [3.63, 3.8) is 0 Å². The zero-order valence-electron chi connectivity index (χ0n) is 32.1. The monoisotopic (exact) mass is 756 g/mol. The Morgan fingerprint density at radius 2 is 0.673 bits per heavy atom. The van der Waals surface area contributed by atoms with Gasteiger partial charge in [0.1, 0.15) is 36.6 Å². The van der Waals surface area contributed by atoms with Crippen molar-refractivity contribution < 1.29 is 47.4 Å². The summed E-state index contributed by atoms with van der Waals surface area (Å²) in [6.07, 6.45) is -3.17. The lowest BCUT2D eigenvalue weighted by molar-refractivity contribution is -0.251. The molecular weight excluding hydrogens is 700 g/mol. The smallest absolute Gasteiger partial charge is 0.164 e. The van der Waals surface area contributed by atoms with Crippen LogP contribution in [-0.2, 0) is 73.8 Å². The molecule has 4 aromatic carbocycles. The topological polar surface area (TPSA) is 92.3 Å². The van der Waals surface area contributed by atoms with Gasteiger partial charge < -0.3 is 47.4 Å². The van der Waals surface area contributed by atoms with Crippen molar-refractivity contribution >= 4 is 0 Å². The highest BCUT2D eigenvalue weighted by Gasteiger charge is 2.60. The van der Waals surface area contributed by atoms with Gasteiger partial charge in [0.15, 0.2) is 5.79 Å². The molecule has 296 valence electrons. The molecule has 0 spiro atoms. The maximum atomic E-state index is 6.72. The Kier molecular flexibility index (Phi) is 16.7. The minimum Gasteiger partial charge on any atom is -0.377 e. The quantitative estimate of drug-likeness (QED) is 0.0702. The van der Waals surface area contributed by atoms with Gasteiger partial charge in [0, 0.05) is 0 Å². The van der Waals surface area contributed by atoms with E-state index in [0.29, 0.717) is 79.3 Å². The van der Waals surface area contributed by atoms with Gasteiger partial charge in [-0.15, -0.1) is 0 Å². The fraction of sp³-hybridized carbons (Fsp3) is 0.467. The molecule has 0 aromatic heterocycles. The summed E-state index contributed by atoms with van der Waals surface area (Å²) in [6, 6.07) is 40.3. The Labute approximate surface area is 325 Å². The van der Waals surface area contributed by atoms with Crippen LogP contribution in [-0.4, -0.2) is 95.3 Å². The summed E-state index contributed by atoms with van der Waals surface area (Å²) in [7, 11) is 0. The summed E-state index contributed by atoms with van der Waals surface area (Å²) in [4.78, 5) is 0. The molecule has 0 radical (unpaired) electrons. The molecule has 0 N–H and O–H groups in total. The first-order valence-electron chi connectivity index (χ1n) is 19.3. The highest BCUT2D eigenvalue weighted by Crippen LogP contribution is 2.42. The Morgan fingerprint density at radius 1 is 0.364 bits per heavy atom. The van der Waals surface area contributed by atoms with E-state index in [0.717, 1.165) is 22.3 Å². The van der Waals surface area contributed by atoms with E-state index in [9.17, 15) is 0 Å². The summed E-state index contributed by atoms with van der Waals surface area (Å²) < 4.78 is 63.5. The van der Waals surface area contributed by atoms with Crippen LogP contribution >= 0.6 is 0 Å². The summed E-state index contributed by atoms with van der Waals surface area (Å²) in [5.41, 5.74) is 4.33. The molecule has 0 amide bonds. The molecule has 1 saturated heterocycles. The number of fused-ring (bicyclic) bond motifs is 1. The predicted octanol–water partition coefficient (Wildman–Crippen LogP) is 6.93. The molecule has 4 aromatic rings. The van der Waals surface area contributed by atoms with Crippen LogP contribution in [0.2, 0.25) is 0 Å². The van der Waals surface area contributed by atoms with Crippen molar-refractivity contribution in [3.8, 4) is 0 Å². The van der Waals surface area contributed by atoms with Crippen molar-refractivity contribution in [1.82, 2.24) is 0 Å². The number of hydrogen-bond acceptors (Lipinski definition) is 10. The molecule has 55 heavy (non-hydrogen) atoms. The Bertz CT molecular complexity index is 1470. The first-order valence-corrected chi connectivity index (χ1v) is 19.3. The van der Waals surface area contributed by atoms with Gasteiger partial charge in [0.2, 0.25) is 0 Å². The predicted molar refractivity (Wildman–Crippen MR) is 207 cm³/mol. The maximum absolute atomic E-state index is 6.72. The SMILES string of the molecule is CC1(C)O[C@@H]2[C@H](OCc3ccccc3)[C@@H](OCCOCCOCc3ccccc3)[C@H](OCCOCCOCc3ccccc3)[C@@H](OCc3ccccc3)[C@@H]2O1. The number of hydrogen-bond donors (Lipinski definition) is 0. The third kappa shape index (κ3) is 13.3. The van der Waals surface area contributed by atoms with Crippen LogP contribution in [0.5, 0.6) is 0 Å². The lowest BCUT2D eigenvalue weighted by Crippen LogP contribution is -2.65. The van der Waals surface area contributed by atoms with Gasteiger partial charge in [-0.1, -0.05) is 121 Å². The van der Waals surface area contributed by atoms with E-state index in [4.69, 9.17) is 47.4 Å². The highest BCUT2D eigenvalue weighted by atomic mass is 16.8. The Balaban J connectivity index is 1.11. The second kappa shape index (κ2) is 22.3. The standard InChI is InChI=1S/C45H56O10/c1-45(2)54-43-41(52-33-37-19-11-5-12-20-37)39(50-29-27-46-23-25-48-31-35-15-7-3-8-16-35)40(42(44(43)55-45)53-34-38-21-13-6-14-22-38)51-30-28-47-24-26-49-32-36-17-9-4-10-18-36/h3-22,39-44H,23-34H2,1-2H3/t39-,40-,41+,42+,43-,44+/m0/s1. The van der Waals surface area contributed by atoms with E-state index in [2.05, 4.69) is 0 Å². The first kappa shape index (κ1) is 41.1. The molecule has 0 bridgehead atoms. The number of benzene rings is 4. The molecule has 1 saturated carbocycles. The number of rotatable bonds is 24. The molecule has 0 unspecified atom stereocenters. The molecule has 6 atom stereocenters. The van der Waals surface area contributed by atoms with Crippen LogP contribution in [0.1, 0.15) is 36.1 Å². The van der Waals surface area contributed by atoms with Crippen molar-refractivity contribution in [2.24, 2.45) is 0 Å². The summed E-state index contributed by atoms with van der Waals surface area (Å²) in [5, 5.41) is 0. The zero-order chi connectivity index (χ0) is 38.0. The summed E-state index contributed by atoms with van der Waals surface area (Å²) >= 11 is 0. The van der Waals surface area contributed by atoms with Crippen molar-refractivity contribution in [3.05, 3.63) is 144 Å². The summed E-state index contributed by atoms with van der Waals surface area (Å²) in [5.74, 6) is -0.872. The minimum atomic E-state index is -0.872. The van der Waals surface area contributed by atoms with Gasteiger partial charge in [-0.25, -0.2) is 0 Å². The maximum Gasteiger partial charge on any atom is 0.164 e. The van der Waals surface area contributed by atoms with Crippen molar-refractivity contribution in [2.75, 3.05) is 52.9 Å². The molecule has 6 rings (SSSR count). The van der Waals surface area contributed by atoms with E-state index >= 15 is 0 Å². The molecule has 10 heteroatoms. The summed E-state index contributed by atoms with van der Waals surface area (Å²) in [6.45, 7) is 8.81. The second-order valence-electron chi connectivity index (χ2n) is 14.1. The van der Waals surface area contributed by atoms with Gasteiger partial charge in [-0.2, -0.15) is 0 Å². The average Bonchev–Trinajstić information content (AvgIpc) is 3.55. The molecule has 2 fully saturated rings. The lowest BCUT2D eigenvalue weighted by atomic mass is 9.84. The first-order chi connectivity index (χ1) is 27.1. The van der Waals surface area contributed by atoms with Gasteiger partial charge >= 0.3 is 0 Å². The van der Waals surface area contributed by atoms with Gasteiger partial charge in [0.25, 0.3) is 0 Å². The van der Waals surface area contributed by atoms with E-state index in [1.807, 2.05) is 135 Å². The third-order valence-electron chi connectivity index (χ3n) is 9.40. The van der Waals surface area contributed by atoms with Crippen LogP contribution in [0.25, 0.3) is 0 Å². The molecule has 1 heterocycles. The van der Waals surface area contributed by atoms with Gasteiger partial charge in [-0.05, 0) is 36.1 Å². The number of ether oxygens (including phenoxy) is 10. The van der Waals surface area contributed by atoms with Crippen molar-refractivity contribution in [2.45, 2.75) is 82.7 Å². The van der Waals surface area contributed by atoms with Crippen LogP contribution in [0.15, 0.2) is 121 Å². The fourth-order valence-electron chi connectivity index (χ4n) is 6.82. The normalized spacial score (nSPS) is 23.1. The lowest BCUT2D eigenvalue weighted by Gasteiger charge is -2.46. The van der Waals surface area contributed by atoms with Crippen molar-refractivity contribution in [1.29, 1.82) is 0 Å². The van der Waals surface area contributed by atoms with Gasteiger partial charge in [0.05, 0.1) is 79.3 Å². The largest absolute Gasteiger partial charge is 0.377 e. The van der Waals surface area contributed by atoms with Crippen LogP contribution in [0, 0.1) is 0 Å². The third-order valence-corrected chi connectivity index (χ3v) is 9.40. The zero-order valence-corrected chi connectivity index (χ0v) is 32.1. The second-order valence-corrected chi connectivity index (χ2v) is 14.1. The van der Waals surface area contributed by atoms with E-state index < -0.39 is 42.4 Å². The average molecular weight is 757 g/mol. The van der Waals surface area contributed by atoms with Gasteiger partial charge in [-0.3, -0.25) is 0 Å². The molecule has 1 aliphatic carbocycles. The van der Waals surface area contributed by atoms with E-state index in [-0.39, 0.29) is 0 Å². The fourth-order valence-corrected chi connectivity index (χ4v) is 6.82. The molecular formula is C45H56O10. The Hall–Kier alpha value is -3.52. The van der Waals surface area contributed by atoms with E-state index in [1.165, 1.54) is 0 Å².